The molecule has 348 valence electrons. The number of piperidine rings is 1. The first kappa shape index (κ1) is 46.5. The van der Waals surface area contributed by atoms with E-state index in [2.05, 4.69) is 37.0 Å². The molecule has 0 bridgehead atoms. The average molecular weight is 921 g/mol. The van der Waals surface area contributed by atoms with Crippen LogP contribution in [0.2, 0.25) is 0 Å². The van der Waals surface area contributed by atoms with Crippen LogP contribution in [0.15, 0.2) is 60.2 Å². The molecule has 17 heteroatoms. The predicted octanol–water partition coefficient (Wildman–Crippen LogP) is 7.50. The number of aromatic nitrogens is 3. The van der Waals surface area contributed by atoms with Crippen molar-refractivity contribution in [2.45, 2.75) is 110 Å². The Kier molecular flexibility index (Phi) is 13.4. The van der Waals surface area contributed by atoms with Crippen molar-refractivity contribution in [1.82, 2.24) is 35.4 Å². The first-order chi connectivity index (χ1) is 31.5. The number of nitrogens with zero attached hydrogens (tertiary/aromatic N) is 7. The van der Waals surface area contributed by atoms with Crippen molar-refractivity contribution < 1.29 is 28.0 Å². The SMILES string of the molecule is Cc1ncsc1-c1ccc([C@H](C)NC(=O)[C@@H]2CCCN2C(=O)[C@@H](NC(=O)C2CC(C(=O)N3CCC(c4cc(Nc5cc(C#N)ccn5)nc(N5CCC(F)(F)C5)c4)CC3)C2)C(C)(C)C)cc1. The van der Waals surface area contributed by atoms with Gasteiger partial charge in [-0.15, -0.1) is 11.3 Å². The molecule has 1 aromatic carbocycles. The number of anilines is 3. The van der Waals surface area contributed by atoms with E-state index in [4.69, 9.17) is 0 Å². The zero-order valence-electron chi connectivity index (χ0n) is 38.2. The van der Waals surface area contributed by atoms with Crippen LogP contribution >= 0.6 is 11.3 Å². The second-order valence-corrected chi connectivity index (χ2v) is 20.3. The molecule has 4 aliphatic rings. The van der Waals surface area contributed by atoms with Crippen molar-refractivity contribution >= 4 is 52.4 Å². The minimum atomic E-state index is -2.81. The second-order valence-electron chi connectivity index (χ2n) is 19.4. The molecule has 66 heavy (non-hydrogen) atoms. The molecule has 3 aromatic heterocycles. The van der Waals surface area contributed by atoms with Crippen molar-refractivity contribution in [3.63, 3.8) is 0 Å². The van der Waals surface area contributed by atoms with Gasteiger partial charge in [-0.05, 0) is 105 Å². The van der Waals surface area contributed by atoms with E-state index in [1.807, 2.05) is 81.4 Å². The number of nitrogens with one attached hydrogen (secondary N) is 3. The third-order valence-corrected chi connectivity index (χ3v) is 14.6. The van der Waals surface area contributed by atoms with Crippen molar-refractivity contribution in [3.05, 3.63) is 82.6 Å². The van der Waals surface area contributed by atoms with E-state index in [1.54, 1.807) is 33.3 Å². The Morgan fingerprint density at radius 2 is 1.65 bits per heavy atom. The Morgan fingerprint density at radius 3 is 2.30 bits per heavy atom. The highest BCUT2D eigenvalue weighted by Gasteiger charge is 2.46. The van der Waals surface area contributed by atoms with Crippen molar-refractivity contribution in [2.24, 2.45) is 17.3 Å². The average Bonchev–Trinajstić information content (AvgIpc) is 4.04. The minimum absolute atomic E-state index is 0.00691. The van der Waals surface area contributed by atoms with Gasteiger partial charge in [0.1, 0.15) is 29.5 Å². The number of aryl methyl sites for hydroxylation is 1. The van der Waals surface area contributed by atoms with E-state index in [1.165, 1.54) is 6.20 Å². The second kappa shape index (κ2) is 19.1. The number of carbonyl (C=O) groups is 4. The van der Waals surface area contributed by atoms with Gasteiger partial charge in [-0.3, -0.25) is 19.2 Å². The summed E-state index contributed by atoms with van der Waals surface area (Å²) in [7, 11) is 0. The largest absolute Gasteiger partial charge is 0.350 e. The Balaban J connectivity index is 0.842. The number of alkyl halides is 2. The maximum absolute atomic E-state index is 14.3. The maximum Gasteiger partial charge on any atom is 0.266 e. The lowest BCUT2D eigenvalue weighted by Gasteiger charge is -2.41. The van der Waals surface area contributed by atoms with Crippen molar-refractivity contribution in [3.8, 4) is 16.5 Å². The summed E-state index contributed by atoms with van der Waals surface area (Å²) in [6, 6.07) is 15.3. The number of carbonyl (C=O) groups excluding carboxylic acids is 4. The highest BCUT2D eigenvalue weighted by molar-refractivity contribution is 7.13. The molecule has 3 saturated heterocycles. The molecular weight excluding hydrogens is 863 g/mol. The van der Waals surface area contributed by atoms with Crippen LogP contribution in [-0.2, 0) is 19.2 Å². The number of hydrogen-bond donors (Lipinski definition) is 3. The monoisotopic (exact) mass is 920 g/mol. The summed E-state index contributed by atoms with van der Waals surface area (Å²) in [5, 5.41) is 18.7. The van der Waals surface area contributed by atoms with E-state index in [-0.39, 0.29) is 54.5 Å². The summed E-state index contributed by atoms with van der Waals surface area (Å²) in [5.41, 5.74) is 5.52. The fourth-order valence-corrected chi connectivity index (χ4v) is 10.4. The Bertz CT molecular complexity index is 2490. The van der Waals surface area contributed by atoms with Crippen LogP contribution in [0.4, 0.5) is 26.2 Å². The Hall–Kier alpha value is -6.02. The van der Waals surface area contributed by atoms with E-state index in [0.29, 0.717) is 81.2 Å². The van der Waals surface area contributed by atoms with Crippen LogP contribution in [0.25, 0.3) is 10.4 Å². The van der Waals surface area contributed by atoms with Gasteiger partial charge in [-0.1, -0.05) is 45.0 Å². The number of benzene rings is 1. The molecule has 4 amide bonds. The van der Waals surface area contributed by atoms with Gasteiger partial charge in [-0.2, -0.15) is 5.26 Å². The summed E-state index contributed by atoms with van der Waals surface area (Å²) < 4.78 is 28.6. The number of thiazole rings is 1. The highest BCUT2D eigenvalue weighted by Crippen LogP contribution is 2.40. The number of rotatable bonds is 12. The summed E-state index contributed by atoms with van der Waals surface area (Å²) >= 11 is 1.59. The third-order valence-electron chi connectivity index (χ3n) is 13.6. The molecular formula is C49H58F2N10O4S. The fourth-order valence-electron chi connectivity index (χ4n) is 9.63. The molecule has 3 atom stereocenters. The Morgan fingerprint density at radius 1 is 0.909 bits per heavy atom. The maximum atomic E-state index is 14.3. The van der Waals surface area contributed by atoms with Gasteiger partial charge in [-0.25, -0.2) is 23.7 Å². The molecule has 8 rings (SSSR count). The lowest BCUT2D eigenvalue weighted by Crippen LogP contribution is -2.59. The minimum Gasteiger partial charge on any atom is -0.350 e. The third kappa shape index (κ3) is 10.3. The molecule has 14 nitrogen and oxygen atoms in total. The zero-order valence-corrected chi connectivity index (χ0v) is 39.0. The van der Waals surface area contributed by atoms with Crippen LogP contribution < -0.4 is 20.9 Å². The van der Waals surface area contributed by atoms with Crippen LogP contribution in [0.5, 0.6) is 0 Å². The molecule has 1 saturated carbocycles. The van der Waals surface area contributed by atoms with Crippen LogP contribution in [-0.4, -0.2) is 99.1 Å². The first-order valence-electron chi connectivity index (χ1n) is 22.9. The van der Waals surface area contributed by atoms with Gasteiger partial charge in [0.05, 0.1) is 40.3 Å². The van der Waals surface area contributed by atoms with Gasteiger partial charge in [0.15, 0.2) is 0 Å². The summed E-state index contributed by atoms with van der Waals surface area (Å²) in [5.74, 6) is -2.96. The molecule has 4 aromatic rings. The number of amides is 4. The van der Waals surface area contributed by atoms with Gasteiger partial charge in [0.25, 0.3) is 5.92 Å². The molecule has 0 spiro atoms. The van der Waals surface area contributed by atoms with E-state index in [0.717, 1.165) is 27.3 Å². The highest BCUT2D eigenvalue weighted by atomic mass is 32.1. The first-order valence-corrected chi connectivity index (χ1v) is 23.8. The van der Waals surface area contributed by atoms with Gasteiger partial charge < -0.3 is 30.7 Å². The van der Waals surface area contributed by atoms with E-state index < -0.39 is 35.9 Å². The lowest BCUT2D eigenvalue weighted by atomic mass is 9.73. The molecule has 1 aliphatic carbocycles. The molecule has 4 fully saturated rings. The number of hydrogen-bond acceptors (Lipinski definition) is 11. The van der Waals surface area contributed by atoms with E-state index in [9.17, 15) is 33.2 Å². The summed E-state index contributed by atoms with van der Waals surface area (Å²) in [4.78, 5) is 75.0. The molecule has 6 heterocycles. The van der Waals surface area contributed by atoms with Crippen LogP contribution in [0.1, 0.15) is 107 Å². The van der Waals surface area contributed by atoms with Gasteiger partial charge >= 0.3 is 0 Å². The fraction of sp³-hybridized carbons (Fsp3) is 0.510. The van der Waals surface area contributed by atoms with Crippen molar-refractivity contribution in [2.75, 3.05) is 42.9 Å². The van der Waals surface area contributed by atoms with Crippen LogP contribution in [0.3, 0.4) is 0 Å². The standard InChI is InChI=1S/C49H58F2N10O4S/c1-29(32-8-10-34(11-9-32)42-30(2)54-28-66-42)55-45(63)38-7-6-17-61(38)47(65)43(48(3,4)5)58-44(62)36-22-37(23-36)46(64)59-18-13-33(14-19-59)35-24-40(56-39-21-31(26-52)12-16-53-39)57-41(25-35)60-20-15-49(50,51)27-60/h8-12,16,21,24-25,28-29,33,36-38,43H,6-7,13-15,17-20,22-23,27H2,1-5H3,(H,55,63)(H,58,62)(H,53,56,57)/t29-,36?,37?,38-,43+/m0/s1. The number of likely N-dealkylation sites (tertiary alicyclic amines) is 2. The molecule has 3 aliphatic heterocycles. The van der Waals surface area contributed by atoms with Crippen LogP contribution in [0, 0.1) is 35.5 Å². The molecule has 3 N–H and O–H groups in total. The summed E-state index contributed by atoms with van der Waals surface area (Å²) in [6.07, 6.45) is 4.56. The number of pyridine rings is 2. The van der Waals surface area contributed by atoms with Gasteiger partial charge in [0.2, 0.25) is 23.6 Å². The smallest absolute Gasteiger partial charge is 0.266 e. The summed E-state index contributed by atoms with van der Waals surface area (Å²) in [6.45, 7) is 10.8. The zero-order chi connectivity index (χ0) is 46.9. The number of nitriles is 1. The normalized spacial score (nSPS) is 21.7. The number of halogens is 2. The lowest BCUT2D eigenvalue weighted by molar-refractivity contribution is -0.148. The quantitative estimate of drug-likeness (QED) is 0.129. The van der Waals surface area contributed by atoms with Gasteiger partial charge in [0, 0.05) is 50.6 Å². The van der Waals surface area contributed by atoms with E-state index >= 15 is 0 Å². The predicted molar refractivity (Wildman–Crippen MR) is 248 cm³/mol. The topological polar surface area (TPSA) is 177 Å². The molecule has 0 radical (unpaired) electrons. The van der Waals surface area contributed by atoms with Crippen molar-refractivity contribution in [1.29, 1.82) is 5.26 Å². The Labute approximate surface area is 388 Å². The molecule has 0 unspecified atom stereocenters.